The number of imide groups is 1. The maximum atomic E-state index is 13.0. The molecule has 0 bridgehead atoms. The Labute approximate surface area is 242 Å². The van der Waals surface area contributed by atoms with Gasteiger partial charge in [-0.05, 0) is 81.1 Å². The quantitative estimate of drug-likeness (QED) is 0.275. The Morgan fingerprint density at radius 2 is 1.84 bits per heavy atom. The SMILES string of the molecule is O=C(CN1C(=O)S/C(=C/c2ccc(OCc3ccc(Cl)cc3Cl)c(Br)c2)C1=O)N1CCc2ccccc2C1. The van der Waals surface area contributed by atoms with E-state index in [-0.39, 0.29) is 24.0 Å². The van der Waals surface area contributed by atoms with Crippen molar-refractivity contribution in [2.24, 2.45) is 0 Å². The monoisotopic (exact) mass is 630 g/mol. The van der Waals surface area contributed by atoms with Crippen LogP contribution in [0.4, 0.5) is 4.79 Å². The number of thioether (sulfide) groups is 1. The fourth-order valence-corrected chi connectivity index (χ4v) is 6.06. The first-order chi connectivity index (χ1) is 18.3. The summed E-state index contributed by atoms with van der Waals surface area (Å²) in [5.41, 5.74) is 3.82. The summed E-state index contributed by atoms with van der Waals surface area (Å²) >= 11 is 16.5. The molecule has 0 atom stereocenters. The van der Waals surface area contributed by atoms with Gasteiger partial charge in [0.1, 0.15) is 18.9 Å². The van der Waals surface area contributed by atoms with Crippen molar-refractivity contribution < 1.29 is 19.1 Å². The van der Waals surface area contributed by atoms with Gasteiger partial charge in [-0.25, -0.2) is 0 Å². The second-order valence-corrected chi connectivity index (χ2v) is 11.5. The van der Waals surface area contributed by atoms with Crippen molar-refractivity contribution in [3.63, 3.8) is 0 Å². The fourth-order valence-electron chi connectivity index (χ4n) is 4.25. The molecule has 2 aliphatic heterocycles. The van der Waals surface area contributed by atoms with Crippen LogP contribution < -0.4 is 4.74 Å². The van der Waals surface area contributed by atoms with E-state index in [1.165, 1.54) is 5.56 Å². The van der Waals surface area contributed by atoms with Gasteiger partial charge >= 0.3 is 0 Å². The highest BCUT2D eigenvalue weighted by Gasteiger charge is 2.37. The molecule has 0 radical (unpaired) electrons. The number of hydrogen-bond donors (Lipinski definition) is 0. The molecule has 1 saturated heterocycles. The van der Waals surface area contributed by atoms with Crippen LogP contribution in [0.3, 0.4) is 0 Å². The molecule has 2 heterocycles. The average Bonchev–Trinajstić information content (AvgIpc) is 3.16. The zero-order valence-corrected chi connectivity index (χ0v) is 23.9. The summed E-state index contributed by atoms with van der Waals surface area (Å²) in [6.45, 7) is 1.03. The van der Waals surface area contributed by atoms with Crippen LogP contribution in [0.15, 0.2) is 70.0 Å². The van der Waals surface area contributed by atoms with Gasteiger partial charge in [-0.15, -0.1) is 0 Å². The first kappa shape index (κ1) is 26.8. The predicted octanol–water partition coefficient (Wildman–Crippen LogP) is 6.96. The van der Waals surface area contributed by atoms with E-state index in [9.17, 15) is 14.4 Å². The Hall–Kier alpha value is -2.78. The van der Waals surface area contributed by atoms with Crippen molar-refractivity contribution in [1.29, 1.82) is 0 Å². The Morgan fingerprint density at radius 1 is 1.05 bits per heavy atom. The number of ether oxygens (including phenoxy) is 1. The summed E-state index contributed by atoms with van der Waals surface area (Å²) in [6, 6.07) is 18.5. The molecule has 0 N–H and O–H groups in total. The van der Waals surface area contributed by atoms with E-state index in [0.29, 0.717) is 38.9 Å². The average molecular weight is 632 g/mol. The second kappa shape index (κ2) is 11.5. The standard InChI is InChI=1S/C28H21BrCl2N2O4S/c29-22-11-17(5-8-24(22)37-16-20-6-7-21(30)13-23(20)31)12-25-27(35)33(28(36)38-25)15-26(34)32-10-9-18-3-1-2-4-19(18)14-32/h1-8,11-13H,9-10,14-16H2/b25-12+. The highest BCUT2D eigenvalue weighted by Crippen LogP contribution is 2.34. The molecular formula is C28H21BrCl2N2O4S. The molecule has 3 amide bonds. The van der Waals surface area contributed by atoms with Gasteiger partial charge in [0.05, 0.1) is 9.38 Å². The molecule has 0 saturated carbocycles. The maximum absolute atomic E-state index is 13.0. The third kappa shape index (κ3) is 5.94. The van der Waals surface area contributed by atoms with Gasteiger partial charge in [-0.3, -0.25) is 19.3 Å². The van der Waals surface area contributed by atoms with Gasteiger partial charge in [0.25, 0.3) is 11.1 Å². The largest absolute Gasteiger partial charge is 0.488 e. The number of halogens is 3. The molecule has 0 aromatic heterocycles. The molecule has 6 nitrogen and oxygen atoms in total. The zero-order chi connectivity index (χ0) is 26.8. The zero-order valence-electron chi connectivity index (χ0n) is 20.0. The third-order valence-corrected chi connectivity index (χ3v) is 8.42. The molecule has 0 aliphatic carbocycles. The van der Waals surface area contributed by atoms with Crippen LogP contribution in [0.25, 0.3) is 6.08 Å². The molecule has 3 aromatic rings. The Bertz CT molecular complexity index is 1480. The van der Waals surface area contributed by atoms with E-state index in [1.807, 2.05) is 18.2 Å². The van der Waals surface area contributed by atoms with Gasteiger partial charge in [0, 0.05) is 28.7 Å². The molecule has 194 valence electrons. The van der Waals surface area contributed by atoms with Crippen LogP contribution in [0.2, 0.25) is 10.0 Å². The number of carbonyl (C=O) groups is 3. The molecule has 2 aliphatic rings. The molecule has 0 unspecified atom stereocenters. The van der Waals surface area contributed by atoms with E-state index < -0.39 is 11.1 Å². The van der Waals surface area contributed by atoms with Crippen molar-refractivity contribution in [1.82, 2.24) is 9.80 Å². The minimum atomic E-state index is -0.473. The Balaban J connectivity index is 1.22. The van der Waals surface area contributed by atoms with E-state index in [1.54, 1.807) is 47.4 Å². The molecular weight excluding hydrogens is 611 g/mol. The van der Waals surface area contributed by atoms with E-state index >= 15 is 0 Å². The lowest BCUT2D eigenvalue weighted by Gasteiger charge is -2.29. The number of hydrogen-bond acceptors (Lipinski definition) is 5. The summed E-state index contributed by atoms with van der Waals surface area (Å²) in [5, 5.41) is 0.616. The van der Waals surface area contributed by atoms with Crippen molar-refractivity contribution in [2.45, 2.75) is 19.6 Å². The maximum Gasteiger partial charge on any atom is 0.294 e. The van der Waals surface area contributed by atoms with Crippen molar-refractivity contribution >= 4 is 74.0 Å². The predicted molar refractivity (Wildman–Crippen MR) is 153 cm³/mol. The minimum Gasteiger partial charge on any atom is -0.488 e. The summed E-state index contributed by atoms with van der Waals surface area (Å²) in [5.74, 6) is -0.123. The highest BCUT2D eigenvalue weighted by molar-refractivity contribution is 9.10. The highest BCUT2D eigenvalue weighted by atomic mass is 79.9. The van der Waals surface area contributed by atoms with Gasteiger partial charge in [0.2, 0.25) is 5.91 Å². The smallest absolute Gasteiger partial charge is 0.294 e. The van der Waals surface area contributed by atoms with Crippen LogP contribution in [0.1, 0.15) is 22.3 Å². The van der Waals surface area contributed by atoms with E-state index in [4.69, 9.17) is 27.9 Å². The van der Waals surface area contributed by atoms with Gasteiger partial charge in [-0.2, -0.15) is 0 Å². The number of nitrogens with zero attached hydrogens (tertiary/aromatic N) is 2. The van der Waals surface area contributed by atoms with Crippen LogP contribution in [-0.2, 0) is 29.2 Å². The number of rotatable bonds is 6. The number of fused-ring (bicyclic) bond motifs is 1. The molecule has 38 heavy (non-hydrogen) atoms. The minimum absolute atomic E-state index is 0.243. The first-order valence-electron chi connectivity index (χ1n) is 11.7. The van der Waals surface area contributed by atoms with Crippen molar-refractivity contribution in [2.75, 3.05) is 13.1 Å². The lowest BCUT2D eigenvalue weighted by Crippen LogP contribution is -2.44. The third-order valence-electron chi connectivity index (χ3n) is 6.30. The lowest BCUT2D eigenvalue weighted by atomic mass is 10.00. The summed E-state index contributed by atoms with van der Waals surface area (Å²) in [7, 11) is 0. The number of carbonyl (C=O) groups excluding carboxylic acids is 3. The Kier molecular flexibility index (Phi) is 8.14. The van der Waals surface area contributed by atoms with Crippen molar-refractivity contribution in [3.8, 4) is 5.75 Å². The van der Waals surface area contributed by atoms with Crippen molar-refractivity contribution in [3.05, 3.63) is 102 Å². The van der Waals surface area contributed by atoms with E-state index in [2.05, 4.69) is 22.0 Å². The Morgan fingerprint density at radius 3 is 2.61 bits per heavy atom. The van der Waals surface area contributed by atoms with Gasteiger partial charge < -0.3 is 9.64 Å². The van der Waals surface area contributed by atoms with Crippen LogP contribution in [0, 0.1) is 0 Å². The fraction of sp³-hybridized carbons (Fsp3) is 0.179. The van der Waals surface area contributed by atoms with Crippen LogP contribution in [0.5, 0.6) is 5.75 Å². The molecule has 3 aromatic carbocycles. The van der Waals surface area contributed by atoms with Gasteiger partial charge in [0.15, 0.2) is 0 Å². The molecule has 10 heteroatoms. The summed E-state index contributed by atoms with van der Waals surface area (Å²) in [4.78, 5) is 41.5. The molecule has 0 spiro atoms. The molecule has 5 rings (SSSR count). The van der Waals surface area contributed by atoms with Crippen LogP contribution >= 0.6 is 50.9 Å². The number of amides is 3. The number of benzene rings is 3. The van der Waals surface area contributed by atoms with E-state index in [0.717, 1.165) is 34.2 Å². The second-order valence-electron chi connectivity index (χ2n) is 8.82. The first-order valence-corrected chi connectivity index (χ1v) is 14.1. The topological polar surface area (TPSA) is 66.9 Å². The normalized spacial score (nSPS) is 16.2. The summed E-state index contributed by atoms with van der Waals surface area (Å²) < 4.78 is 6.55. The lowest BCUT2D eigenvalue weighted by molar-refractivity contribution is -0.136. The van der Waals surface area contributed by atoms with Gasteiger partial charge in [-0.1, -0.05) is 59.6 Å². The van der Waals surface area contributed by atoms with Crippen LogP contribution in [-0.4, -0.2) is 39.9 Å². The summed E-state index contributed by atoms with van der Waals surface area (Å²) in [6.07, 6.45) is 2.39. The molecule has 1 fully saturated rings.